The second-order valence-corrected chi connectivity index (χ2v) is 5.55. The lowest BCUT2D eigenvalue weighted by Crippen LogP contribution is -2.37. The standard InChI is InChI=1S/C13H25NO2/c1-13(2)15-10-12(16-13)9-14-11-7-5-3-4-6-8-11/h11-12,14H,3-10H2,1-2H3. The lowest BCUT2D eigenvalue weighted by Gasteiger charge is -2.20. The van der Waals surface area contributed by atoms with Crippen molar-refractivity contribution in [3.63, 3.8) is 0 Å². The molecule has 1 unspecified atom stereocenters. The summed E-state index contributed by atoms with van der Waals surface area (Å²) < 4.78 is 11.3. The number of ether oxygens (including phenoxy) is 2. The quantitative estimate of drug-likeness (QED) is 0.751. The van der Waals surface area contributed by atoms with Crippen LogP contribution in [0.3, 0.4) is 0 Å². The molecular weight excluding hydrogens is 202 g/mol. The zero-order valence-electron chi connectivity index (χ0n) is 10.6. The normalized spacial score (nSPS) is 31.5. The highest BCUT2D eigenvalue weighted by Gasteiger charge is 2.32. The predicted octanol–water partition coefficient (Wildman–Crippen LogP) is 2.45. The van der Waals surface area contributed by atoms with E-state index in [-0.39, 0.29) is 11.9 Å². The van der Waals surface area contributed by atoms with E-state index in [1.54, 1.807) is 0 Å². The zero-order valence-corrected chi connectivity index (χ0v) is 10.6. The Kier molecular flexibility index (Phi) is 4.22. The second kappa shape index (κ2) is 5.48. The minimum Gasteiger partial charge on any atom is -0.348 e. The molecule has 1 atom stereocenters. The fraction of sp³-hybridized carbons (Fsp3) is 1.00. The van der Waals surface area contributed by atoms with Crippen LogP contribution in [0.1, 0.15) is 52.4 Å². The fourth-order valence-electron chi connectivity index (χ4n) is 2.65. The summed E-state index contributed by atoms with van der Waals surface area (Å²) in [7, 11) is 0. The van der Waals surface area contributed by atoms with Crippen LogP contribution in [-0.2, 0) is 9.47 Å². The van der Waals surface area contributed by atoms with Crippen LogP contribution in [0.4, 0.5) is 0 Å². The van der Waals surface area contributed by atoms with E-state index in [0.29, 0.717) is 6.04 Å². The molecule has 2 fully saturated rings. The highest BCUT2D eigenvalue weighted by atomic mass is 16.7. The van der Waals surface area contributed by atoms with Gasteiger partial charge in [0.15, 0.2) is 5.79 Å². The van der Waals surface area contributed by atoms with E-state index in [1.165, 1.54) is 38.5 Å². The Morgan fingerprint density at radius 2 is 1.81 bits per heavy atom. The SMILES string of the molecule is CC1(C)OCC(CNC2CCCCCC2)O1. The average molecular weight is 227 g/mol. The zero-order chi connectivity index (χ0) is 11.4. The van der Waals surface area contributed by atoms with E-state index in [2.05, 4.69) is 5.32 Å². The molecule has 3 heteroatoms. The van der Waals surface area contributed by atoms with Crippen molar-refractivity contribution in [3.05, 3.63) is 0 Å². The Balaban J connectivity index is 1.67. The Bertz CT molecular complexity index is 205. The minimum atomic E-state index is -0.379. The molecule has 0 aromatic carbocycles. The molecule has 0 aromatic heterocycles. The summed E-state index contributed by atoms with van der Waals surface area (Å²) in [5.41, 5.74) is 0. The maximum absolute atomic E-state index is 5.79. The molecule has 1 heterocycles. The van der Waals surface area contributed by atoms with Crippen molar-refractivity contribution in [2.24, 2.45) is 0 Å². The summed E-state index contributed by atoms with van der Waals surface area (Å²) in [5.74, 6) is -0.379. The van der Waals surface area contributed by atoms with Crippen LogP contribution in [0, 0.1) is 0 Å². The minimum absolute atomic E-state index is 0.234. The Morgan fingerprint density at radius 1 is 1.12 bits per heavy atom. The van der Waals surface area contributed by atoms with Crippen LogP contribution in [0.25, 0.3) is 0 Å². The Labute approximate surface area is 98.9 Å². The van der Waals surface area contributed by atoms with Crippen molar-refractivity contribution < 1.29 is 9.47 Å². The molecule has 0 radical (unpaired) electrons. The molecule has 1 saturated carbocycles. The van der Waals surface area contributed by atoms with Gasteiger partial charge in [0.05, 0.1) is 12.7 Å². The van der Waals surface area contributed by atoms with Gasteiger partial charge in [-0.15, -0.1) is 0 Å². The molecule has 16 heavy (non-hydrogen) atoms. The molecule has 2 rings (SSSR count). The number of rotatable bonds is 3. The first-order chi connectivity index (χ1) is 7.66. The van der Waals surface area contributed by atoms with E-state index >= 15 is 0 Å². The molecule has 0 amide bonds. The molecular formula is C13H25NO2. The van der Waals surface area contributed by atoms with Gasteiger partial charge in [-0.25, -0.2) is 0 Å². The van der Waals surface area contributed by atoms with Crippen LogP contribution in [-0.4, -0.2) is 31.1 Å². The largest absolute Gasteiger partial charge is 0.348 e. The third kappa shape index (κ3) is 3.72. The fourth-order valence-corrected chi connectivity index (χ4v) is 2.65. The first kappa shape index (κ1) is 12.3. The lowest BCUT2D eigenvalue weighted by molar-refractivity contribution is -0.137. The van der Waals surface area contributed by atoms with Gasteiger partial charge in [0.2, 0.25) is 0 Å². The smallest absolute Gasteiger partial charge is 0.163 e. The van der Waals surface area contributed by atoms with E-state index in [1.807, 2.05) is 13.8 Å². The first-order valence-corrected chi connectivity index (χ1v) is 6.71. The molecule has 1 saturated heterocycles. The van der Waals surface area contributed by atoms with Gasteiger partial charge in [0.25, 0.3) is 0 Å². The van der Waals surface area contributed by atoms with Crippen LogP contribution < -0.4 is 5.32 Å². The Hall–Kier alpha value is -0.120. The van der Waals surface area contributed by atoms with Gasteiger partial charge < -0.3 is 14.8 Å². The third-order valence-corrected chi connectivity index (χ3v) is 3.56. The molecule has 0 bridgehead atoms. The van der Waals surface area contributed by atoms with E-state index in [0.717, 1.165) is 13.2 Å². The van der Waals surface area contributed by atoms with Gasteiger partial charge in [-0.3, -0.25) is 0 Å². The highest BCUT2D eigenvalue weighted by Crippen LogP contribution is 2.22. The van der Waals surface area contributed by atoms with Crippen LogP contribution >= 0.6 is 0 Å². The maximum Gasteiger partial charge on any atom is 0.163 e. The van der Waals surface area contributed by atoms with Crippen LogP contribution in [0.5, 0.6) is 0 Å². The predicted molar refractivity (Wildman–Crippen MR) is 64.4 cm³/mol. The van der Waals surface area contributed by atoms with Crippen molar-refractivity contribution in [1.29, 1.82) is 0 Å². The summed E-state index contributed by atoms with van der Waals surface area (Å²) in [6.45, 7) is 5.64. The van der Waals surface area contributed by atoms with Crippen molar-refractivity contribution in [2.75, 3.05) is 13.2 Å². The topological polar surface area (TPSA) is 30.5 Å². The number of nitrogens with one attached hydrogen (secondary N) is 1. The number of hydrogen-bond donors (Lipinski definition) is 1. The van der Waals surface area contributed by atoms with Crippen molar-refractivity contribution in [3.8, 4) is 0 Å². The first-order valence-electron chi connectivity index (χ1n) is 6.71. The van der Waals surface area contributed by atoms with Gasteiger partial charge >= 0.3 is 0 Å². The summed E-state index contributed by atoms with van der Waals surface area (Å²) in [6.07, 6.45) is 8.48. The van der Waals surface area contributed by atoms with Gasteiger partial charge in [-0.1, -0.05) is 25.7 Å². The molecule has 1 aliphatic carbocycles. The van der Waals surface area contributed by atoms with E-state index in [9.17, 15) is 0 Å². The summed E-state index contributed by atoms with van der Waals surface area (Å²) in [6, 6.07) is 0.704. The van der Waals surface area contributed by atoms with Crippen molar-refractivity contribution in [1.82, 2.24) is 5.32 Å². The maximum atomic E-state index is 5.79. The van der Waals surface area contributed by atoms with Crippen molar-refractivity contribution in [2.45, 2.75) is 70.3 Å². The monoisotopic (exact) mass is 227 g/mol. The van der Waals surface area contributed by atoms with Crippen LogP contribution in [0.2, 0.25) is 0 Å². The molecule has 3 nitrogen and oxygen atoms in total. The van der Waals surface area contributed by atoms with Crippen LogP contribution in [0.15, 0.2) is 0 Å². The number of hydrogen-bond acceptors (Lipinski definition) is 3. The molecule has 94 valence electrons. The summed E-state index contributed by atoms with van der Waals surface area (Å²) >= 11 is 0. The highest BCUT2D eigenvalue weighted by molar-refractivity contribution is 4.77. The molecule has 1 N–H and O–H groups in total. The molecule has 0 aromatic rings. The molecule has 1 aliphatic heterocycles. The molecule has 0 spiro atoms. The van der Waals surface area contributed by atoms with Gasteiger partial charge in [0, 0.05) is 12.6 Å². The molecule has 2 aliphatic rings. The van der Waals surface area contributed by atoms with E-state index < -0.39 is 0 Å². The average Bonchev–Trinajstić information content (AvgIpc) is 2.47. The summed E-state index contributed by atoms with van der Waals surface area (Å²) in [4.78, 5) is 0. The lowest BCUT2D eigenvalue weighted by atomic mass is 10.1. The second-order valence-electron chi connectivity index (χ2n) is 5.55. The summed E-state index contributed by atoms with van der Waals surface area (Å²) in [5, 5.41) is 3.64. The van der Waals surface area contributed by atoms with Gasteiger partial charge in [0.1, 0.15) is 0 Å². The Morgan fingerprint density at radius 3 is 2.38 bits per heavy atom. The van der Waals surface area contributed by atoms with Crippen molar-refractivity contribution >= 4 is 0 Å². The van der Waals surface area contributed by atoms with E-state index in [4.69, 9.17) is 9.47 Å². The van der Waals surface area contributed by atoms with Gasteiger partial charge in [-0.2, -0.15) is 0 Å². The third-order valence-electron chi connectivity index (χ3n) is 3.56. The van der Waals surface area contributed by atoms with Gasteiger partial charge in [-0.05, 0) is 26.7 Å².